The monoisotopic (exact) mass is 421 g/mol. The summed E-state index contributed by atoms with van der Waals surface area (Å²) in [5, 5.41) is 4.63. The molecule has 1 aromatic rings. The fraction of sp³-hybridized carbons (Fsp3) is 0.533. The first-order chi connectivity index (χ1) is 9.46. The summed E-state index contributed by atoms with van der Waals surface area (Å²) in [6, 6.07) is 5.27. The van der Waals surface area contributed by atoms with Crippen LogP contribution in [0.3, 0.4) is 0 Å². The highest BCUT2D eigenvalue weighted by atomic mass is 79.9. The van der Waals surface area contributed by atoms with E-state index in [2.05, 4.69) is 44.1 Å². The maximum absolute atomic E-state index is 12.4. The Bertz CT molecular complexity index is 499. The zero-order valence-corrected chi connectivity index (χ0v) is 15.3. The SMILES string of the molecule is CC1CCC(CBr)(NC(=O)c2ccc(Cl)c(Br)c2)CC1. The molecule has 5 heteroatoms. The summed E-state index contributed by atoms with van der Waals surface area (Å²) in [7, 11) is 0. The van der Waals surface area contributed by atoms with Gasteiger partial charge in [0, 0.05) is 15.4 Å². The molecule has 0 saturated heterocycles. The van der Waals surface area contributed by atoms with Crippen molar-refractivity contribution in [2.24, 2.45) is 5.92 Å². The molecule has 1 N–H and O–H groups in total. The minimum absolute atomic E-state index is 0.0311. The first-order valence-electron chi connectivity index (χ1n) is 6.79. The molecule has 1 aliphatic carbocycles. The van der Waals surface area contributed by atoms with Crippen molar-refractivity contribution in [1.29, 1.82) is 0 Å². The van der Waals surface area contributed by atoms with Gasteiger partial charge >= 0.3 is 0 Å². The molecular formula is C15H18Br2ClNO. The quantitative estimate of drug-likeness (QED) is 0.667. The number of benzene rings is 1. The molecule has 0 bridgehead atoms. The lowest BCUT2D eigenvalue weighted by Gasteiger charge is -2.39. The average Bonchev–Trinajstić information content (AvgIpc) is 2.44. The largest absolute Gasteiger partial charge is 0.346 e. The summed E-state index contributed by atoms with van der Waals surface area (Å²) < 4.78 is 0.747. The third-order valence-corrected chi connectivity index (χ3v) is 6.33. The summed E-state index contributed by atoms with van der Waals surface area (Å²) >= 11 is 12.9. The van der Waals surface area contributed by atoms with E-state index in [1.807, 2.05) is 0 Å². The molecule has 0 atom stereocenters. The fourth-order valence-corrected chi connectivity index (χ4v) is 3.75. The number of nitrogens with one attached hydrogen (secondary N) is 1. The lowest BCUT2D eigenvalue weighted by Crippen LogP contribution is -2.52. The molecule has 1 saturated carbocycles. The first kappa shape index (κ1) is 16.3. The molecule has 0 radical (unpaired) electrons. The average molecular weight is 424 g/mol. The minimum atomic E-state index is -0.115. The van der Waals surface area contributed by atoms with E-state index < -0.39 is 0 Å². The van der Waals surface area contributed by atoms with Gasteiger partial charge in [0.1, 0.15) is 0 Å². The molecule has 1 aliphatic rings. The number of alkyl halides is 1. The van der Waals surface area contributed by atoms with E-state index in [0.29, 0.717) is 10.6 Å². The van der Waals surface area contributed by atoms with Gasteiger partial charge in [-0.3, -0.25) is 4.79 Å². The second kappa shape index (κ2) is 6.80. The molecule has 2 nitrogen and oxygen atoms in total. The Balaban J connectivity index is 2.11. The normalized spacial score (nSPS) is 26.3. The van der Waals surface area contributed by atoms with Gasteiger partial charge in [-0.1, -0.05) is 34.5 Å². The molecule has 0 aliphatic heterocycles. The standard InChI is InChI=1S/C15H18Br2ClNO/c1-10-4-6-15(9-16,7-5-10)19-14(20)11-2-3-13(18)12(17)8-11/h2-3,8,10H,4-7,9H2,1H3,(H,19,20). The maximum atomic E-state index is 12.4. The van der Waals surface area contributed by atoms with E-state index >= 15 is 0 Å². The molecule has 1 amide bonds. The summed E-state index contributed by atoms with van der Waals surface area (Å²) in [6.07, 6.45) is 4.38. The predicted molar refractivity (Wildman–Crippen MR) is 90.8 cm³/mol. The van der Waals surface area contributed by atoms with E-state index in [4.69, 9.17) is 11.6 Å². The highest BCUT2D eigenvalue weighted by molar-refractivity contribution is 9.10. The van der Waals surface area contributed by atoms with Crippen molar-refractivity contribution < 1.29 is 4.79 Å². The van der Waals surface area contributed by atoms with E-state index in [0.717, 1.165) is 41.4 Å². The third-order valence-electron chi connectivity index (χ3n) is 4.05. The molecule has 0 aromatic heterocycles. The lowest BCUT2D eigenvalue weighted by molar-refractivity contribution is 0.0874. The number of carbonyl (C=O) groups excluding carboxylic acids is 1. The number of hydrogen-bond acceptors (Lipinski definition) is 1. The molecule has 1 aromatic carbocycles. The molecule has 1 fully saturated rings. The van der Waals surface area contributed by atoms with Gasteiger partial charge in [-0.2, -0.15) is 0 Å². The van der Waals surface area contributed by atoms with Crippen LogP contribution in [0.1, 0.15) is 43.0 Å². The van der Waals surface area contributed by atoms with E-state index in [1.165, 1.54) is 0 Å². The van der Waals surface area contributed by atoms with Gasteiger partial charge in [-0.25, -0.2) is 0 Å². The number of carbonyl (C=O) groups is 1. The van der Waals surface area contributed by atoms with Crippen molar-refractivity contribution in [3.05, 3.63) is 33.3 Å². The predicted octanol–water partition coefficient (Wildman–Crippen LogP) is 5.18. The summed E-state index contributed by atoms with van der Waals surface area (Å²) in [6.45, 7) is 2.27. The topological polar surface area (TPSA) is 29.1 Å². The number of halogens is 3. The zero-order chi connectivity index (χ0) is 14.8. The van der Waals surface area contributed by atoms with Gasteiger partial charge < -0.3 is 5.32 Å². The van der Waals surface area contributed by atoms with Crippen LogP contribution in [0, 0.1) is 5.92 Å². The summed E-state index contributed by atoms with van der Waals surface area (Å²) in [4.78, 5) is 12.4. The molecule has 2 rings (SSSR count). The Hall–Kier alpha value is -0.0600. The second-order valence-electron chi connectivity index (χ2n) is 5.68. The van der Waals surface area contributed by atoms with Crippen molar-refractivity contribution in [2.75, 3.05) is 5.33 Å². The van der Waals surface area contributed by atoms with Crippen molar-refractivity contribution in [3.63, 3.8) is 0 Å². The Morgan fingerprint density at radius 3 is 2.65 bits per heavy atom. The third kappa shape index (κ3) is 3.77. The van der Waals surface area contributed by atoms with Crippen molar-refractivity contribution in [1.82, 2.24) is 5.32 Å². The van der Waals surface area contributed by atoms with Gasteiger partial charge in [0.15, 0.2) is 0 Å². The van der Waals surface area contributed by atoms with Crippen LogP contribution in [-0.2, 0) is 0 Å². The molecule has 0 unspecified atom stereocenters. The van der Waals surface area contributed by atoms with Crippen molar-refractivity contribution >= 4 is 49.4 Å². The first-order valence-corrected chi connectivity index (χ1v) is 9.08. The molecule has 0 spiro atoms. The van der Waals surface area contributed by atoms with E-state index in [9.17, 15) is 4.79 Å². The smallest absolute Gasteiger partial charge is 0.251 e. The van der Waals surface area contributed by atoms with Crippen molar-refractivity contribution in [2.45, 2.75) is 38.1 Å². The summed E-state index contributed by atoms with van der Waals surface area (Å²) in [5.41, 5.74) is 0.524. The Morgan fingerprint density at radius 1 is 1.45 bits per heavy atom. The zero-order valence-electron chi connectivity index (χ0n) is 11.4. The van der Waals surface area contributed by atoms with Crippen LogP contribution in [0.15, 0.2) is 22.7 Å². The molecule has 20 heavy (non-hydrogen) atoms. The second-order valence-corrected chi connectivity index (χ2v) is 7.50. The highest BCUT2D eigenvalue weighted by Crippen LogP contribution is 2.33. The van der Waals surface area contributed by atoms with E-state index in [1.54, 1.807) is 18.2 Å². The van der Waals surface area contributed by atoms with Gasteiger partial charge in [0.05, 0.1) is 10.6 Å². The number of hydrogen-bond donors (Lipinski definition) is 1. The highest BCUT2D eigenvalue weighted by Gasteiger charge is 2.34. The van der Waals surface area contributed by atoms with E-state index in [-0.39, 0.29) is 11.4 Å². The van der Waals surface area contributed by atoms with Crippen LogP contribution < -0.4 is 5.32 Å². The molecular weight excluding hydrogens is 405 g/mol. The summed E-state index contributed by atoms with van der Waals surface area (Å²) in [5.74, 6) is 0.722. The van der Waals surface area contributed by atoms with Gasteiger partial charge in [0.2, 0.25) is 0 Å². The Labute approximate surface area is 141 Å². The van der Waals surface area contributed by atoms with Gasteiger partial charge in [0.25, 0.3) is 5.91 Å². The van der Waals surface area contributed by atoms with Crippen LogP contribution in [-0.4, -0.2) is 16.8 Å². The van der Waals surface area contributed by atoms with Crippen LogP contribution in [0.5, 0.6) is 0 Å². The number of rotatable bonds is 3. The fourth-order valence-electron chi connectivity index (χ4n) is 2.56. The van der Waals surface area contributed by atoms with Crippen LogP contribution in [0.4, 0.5) is 0 Å². The Kier molecular flexibility index (Phi) is 5.55. The number of amides is 1. The molecule has 0 heterocycles. The van der Waals surface area contributed by atoms with Gasteiger partial charge in [-0.15, -0.1) is 0 Å². The molecule has 110 valence electrons. The lowest BCUT2D eigenvalue weighted by atomic mass is 9.78. The minimum Gasteiger partial charge on any atom is -0.346 e. The van der Waals surface area contributed by atoms with Crippen LogP contribution in [0.2, 0.25) is 5.02 Å². The van der Waals surface area contributed by atoms with Crippen LogP contribution >= 0.6 is 43.5 Å². The Morgan fingerprint density at radius 2 is 2.10 bits per heavy atom. The van der Waals surface area contributed by atoms with Gasteiger partial charge in [-0.05, 0) is 65.7 Å². The van der Waals surface area contributed by atoms with Crippen molar-refractivity contribution in [3.8, 4) is 0 Å². The van der Waals surface area contributed by atoms with Crippen LogP contribution in [0.25, 0.3) is 0 Å². The maximum Gasteiger partial charge on any atom is 0.251 e.